The van der Waals surface area contributed by atoms with Gasteiger partial charge in [0.25, 0.3) is 0 Å². The number of para-hydroxylation sites is 2. The van der Waals surface area contributed by atoms with E-state index in [0.717, 1.165) is 0 Å². The molecule has 0 N–H and O–H groups in total. The fraction of sp³-hybridized carbons (Fsp3) is 0.636. The molecule has 1 fully saturated rings. The highest BCUT2D eigenvalue weighted by atomic mass is 16.7. The van der Waals surface area contributed by atoms with E-state index in [4.69, 9.17) is 23.7 Å². The van der Waals surface area contributed by atoms with Crippen LogP contribution in [0.1, 0.15) is 34.6 Å². The quantitative estimate of drug-likeness (QED) is 0.444. The van der Waals surface area contributed by atoms with Crippen molar-refractivity contribution in [2.75, 3.05) is 32.9 Å². The maximum atomic E-state index is 12.4. The molecular formula is C22H33NO7. The zero-order valence-electron chi connectivity index (χ0n) is 18.5. The van der Waals surface area contributed by atoms with Crippen molar-refractivity contribution in [3.63, 3.8) is 0 Å². The van der Waals surface area contributed by atoms with E-state index in [1.54, 1.807) is 6.92 Å². The fourth-order valence-electron chi connectivity index (χ4n) is 2.80. The normalized spacial score (nSPS) is 18.5. The van der Waals surface area contributed by atoms with Gasteiger partial charge in [-0.1, -0.05) is 32.9 Å². The second-order valence-electron chi connectivity index (χ2n) is 7.55. The van der Waals surface area contributed by atoms with Gasteiger partial charge < -0.3 is 28.6 Å². The summed E-state index contributed by atoms with van der Waals surface area (Å²) in [7, 11) is 0. The molecule has 1 heterocycles. The number of esters is 1. The smallest absolute Gasteiger partial charge is 0.413 e. The molecule has 1 aliphatic heterocycles. The molecule has 1 aromatic rings. The van der Waals surface area contributed by atoms with E-state index >= 15 is 0 Å². The van der Waals surface area contributed by atoms with Crippen LogP contribution in [0, 0.1) is 11.8 Å². The van der Waals surface area contributed by atoms with E-state index in [2.05, 4.69) is 0 Å². The maximum Gasteiger partial charge on any atom is 0.413 e. The largest absolute Gasteiger partial charge is 0.490 e. The lowest BCUT2D eigenvalue weighted by Gasteiger charge is -2.32. The Morgan fingerprint density at radius 2 is 1.77 bits per heavy atom. The lowest BCUT2D eigenvalue weighted by atomic mass is 9.99. The van der Waals surface area contributed by atoms with Crippen molar-refractivity contribution >= 4 is 12.1 Å². The number of ether oxygens (including phenoxy) is 5. The number of rotatable bonds is 9. The van der Waals surface area contributed by atoms with Gasteiger partial charge in [-0.25, -0.2) is 4.79 Å². The molecule has 3 atom stereocenters. The van der Waals surface area contributed by atoms with Crippen molar-refractivity contribution in [2.45, 2.75) is 47.0 Å². The van der Waals surface area contributed by atoms with E-state index in [0.29, 0.717) is 37.8 Å². The van der Waals surface area contributed by atoms with Gasteiger partial charge in [0.1, 0.15) is 12.7 Å². The molecule has 0 saturated carbocycles. The Labute approximate surface area is 178 Å². The second-order valence-corrected chi connectivity index (χ2v) is 7.55. The van der Waals surface area contributed by atoms with Crippen LogP contribution in [0.25, 0.3) is 0 Å². The topological polar surface area (TPSA) is 83.5 Å². The summed E-state index contributed by atoms with van der Waals surface area (Å²) in [5.74, 6) is 0.788. The van der Waals surface area contributed by atoms with Crippen molar-refractivity contribution in [3.8, 4) is 11.5 Å². The first-order valence-corrected chi connectivity index (χ1v) is 10.4. The minimum absolute atomic E-state index is 0.147. The lowest BCUT2D eigenvalue weighted by Crippen LogP contribution is -2.48. The highest BCUT2D eigenvalue weighted by Crippen LogP contribution is 2.26. The summed E-state index contributed by atoms with van der Waals surface area (Å²) < 4.78 is 27.6. The molecule has 30 heavy (non-hydrogen) atoms. The summed E-state index contributed by atoms with van der Waals surface area (Å²) in [4.78, 5) is 26.0. The van der Waals surface area contributed by atoms with Gasteiger partial charge in [0.15, 0.2) is 11.5 Å². The zero-order valence-corrected chi connectivity index (χ0v) is 18.5. The number of morpholine rings is 1. The maximum absolute atomic E-state index is 12.4. The van der Waals surface area contributed by atoms with Gasteiger partial charge in [-0.2, -0.15) is 0 Å². The molecule has 0 spiro atoms. The molecule has 168 valence electrons. The van der Waals surface area contributed by atoms with Crippen LogP contribution in [0.2, 0.25) is 0 Å². The van der Waals surface area contributed by atoms with E-state index in [-0.39, 0.29) is 30.5 Å². The molecule has 0 aromatic heterocycles. The van der Waals surface area contributed by atoms with Gasteiger partial charge in [-0.3, -0.25) is 4.79 Å². The van der Waals surface area contributed by atoms with Crippen molar-refractivity contribution in [1.82, 2.24) is 4.90 Å². The summed E-state index contributed by atoms with van der Waals surface area (Å²) >= 11 is 0. The summed E-state index contributed by atoms with van der Waals surface area (Å²) in [6.45, 7) is 11.0. The van der Waals surface area contributed by atoms with Gasteiger partial charge in [-0.05, 0) is 25.0 Å². The first-order valence-electron chi connectivity index (χ1n) is 10.4. The molecule has 1 aliphatic rings. The second kappa shape index (κ2) is 11.6. The standard InChI is InChI=1S/C22H33NO7/c1-6-26-19-9-7-8-10-20(19)28-14-18-13-23(11-12-27-18)22(25)30-17(5)29-21(24)16(4)15(2)3/h7-10,15-18H,6,11-14H2,1-5H3/t16-,17?,18+/m1/s1. The van der Waals surface area contributed by atoms with Crippen LogP contribution < -0.4 is 9.47 Å². The van der Waals surface area contributed by atoms with E-state index in [1.165, 1.54) is 11.8 Å². The Bertz CT molecular complexity index is 694. The van der Waals surface area contributed by atoms with Crippen LogP contribution >= 0.6 is 0 Å². The third-order valence-corrected chi connectivity index (χ3v) is 4.89. The Morgan fingerprint density at radius 3 is 2.40 bits per heavy atom. The minimum atomic E-state index is -0.957. The molecule has 2 rings (SSSR count). The molecule has 1 amide bonds. The zero-order chi connectivity index (χ0) is 22.1. The first-order chi connectivity index (χ1) is 14.3. The van der Waals surface area contributed by atoms with Crippen LogP contribution in [0.3, 0.4) is 0 Å². The molecule has 0 aliphatic carbocycles. The first kappa shape index (κ1) is 23.8. The molecule has 1 saturated heterocycles. The Hall–Kier alpha value is -2.48. The fourth-order valence-corrected chi connectivity index (χ4v) is 2.80. The molecule has 1 unspecified atom stereocenters. The van der Waals surface area contributed by atoms with Crippen LogP contribution in [-0.2, 0) is 19.0 Å². The van der Waals surface area contributed by atoms with Gasteiger partial charge in [0.05, 0.1) is 25.7 Å². The van der Waals surface area contributed by atoms with E-state index in [9.17, 15) is 9.59 Å². The SMILES string of the molecule is CCOc1ccccc1OC[C@@H]1CN(C(=O)OC(C)OC(=O)[C@H](C)C(C)C)CCO1. The van der Waals surface area contributed by atoms with Crippen molar-refractivity contribution in [1.29, 1.82) is 0 Å². The average Bonchev–Trinajstić information content (AvgIpc) is 2.72. The summed E-state index contributed by atoms with van der Waals surface area (Å²) in [6, 6.07) is 7.41. The molecular weight excluding hydrogens is 390 g/mol. The number of nitrogens with zero attached hydrogens (tertiary/aromatic N) is 1. The number of carbonyl (C=O) groups is 2. The van der Waals surface area contributed by atoms with Gasteiger partial charge in [0.2, 0.25) is 6.29 Å². The van der Waals surface area contributed by atoms with Crippen molar-refractivity contribution in [3.05, 3.63) is 24.3 Å². The Balaban J connectivity index is 1.82. The number of carbonyl (C=O) groups excluding carboxylic acids is 2. The van der Waals surface area contributed by atoms with Crippen molar-refractivity contribution in [2.24, 2.45) is 11.8 Å². The molecule has 0 bridgehead atoms. The van der Waals surface area contributed by atoms with Crippen LogP contribution in [0.4, 0.5) is 4.79 Å². The summed E-state index contributed by atoms with van der Waals surface area (Å²) in [6.07, 6.45) is -1.81. The van der Waals surface area contributed by atoms with Crippen molar-refractivity contribution < 1.29 is 33.3 Å². The van der Waals surface area contributed by atoms with Gasteiger partial charge in [-0.15, -0.1) is 0 Å². The van der Waals surface area contributed by atoms with Gasteiger partial charge >= 0.3 is 12.1 Å². The Morgan fingerprint density at radius 1 is 1.10 bits per heavy atom. The van der Waals surface area contributed by atoms with Crippen LogP contribution in [-0.4, -0.2) is 62.3 Å². The lowest BCUT2D eigenvalue weighted by molar-refractivity contribution is -0.172. The third-order valence-electron chi connectivity index (χ3n) is 4.89. The van der Waals surface area contributed by atoms with Gasteiger partial charge in [0, 0.05) is 13.5 Å². The highest BCUT2D eigenvalue weighted by molar-refractivity contribution is 5.73. The number of benzene rings is 1. The minimum Gasteiger partial charge on any atom is -0.490 e. The summed E-state index contributed by atoms with van der Waals surface area (Å²) in [5, 5.41) is 0. The van der Waals surface area contributed by atoms with E-state index in [1.807, 2.05) is 45.0 Å². The Kier molecular flexibility index (Phi) is 9.23. The predicted molar refractivity (Wildman–Crippen MR) is 110 cm³/mol. The third kappa shape index (κ3) is 7.09. The number of hydrogen-bond acceptors (Lipinski definition) is 7. The molecule has 8 heteroatoms. The van der Waals surface area contributed by atoms with E-state index < -0.39 is 12.4 Å². The highest BCUT2D eigenvalue weighted by Gasteiger charge is 2.28. The van der Waals surface area contributed by atoms with Crippen LogP contribution in [0.15, 0.2) is 24.3 Å². The van der Waals surface area contributed by atoms with Crippen LogP contribution in [0.5, 0.6) is 11.5 Å². The molecule has 1 aromatic carbocycles. The molecule has 0 radical (unpaired) electrons. The number of hydrogen-bond donors (Lipinski definition) is 0. The average molecular weight is 424 g/mol. The predicted octanol–water partition coefficient (Wildman–Crippen LogP) is 3.48. The summed E-state index contributed by atoms with van der Waals surface area (Å²) in [5.41, 5.74) is 0. The molecule has 8 nitrogen and oxygen atoms in total. The number of amides is 1. The monoisotopic (exact) mass is 423 g/mol.